The molecule has 0 aliphatic carbocycles. The van der Waals surface area contributed by atoms with Crippen molar-refractivity contribution in [1.29, 1.82) is 0 Å². The number of aryl methyl sites for hydroxylation is 1. The van der Waals surface area contributed by atoms with E-state index in [1.807, 2.05) is 38.2 Å². The Balaban J connectivity index is 2.79. The van der Waals surface area contributed by atoms with Gasteiger partial charge >= 0.3 is 0 Å². The molecule has 2 aromatic rings. The summed E-state index contributed by atoms with van der Waals surface area (Å²) >= 11 is 5.89. The van der Waals surface area contributed by atoms with E-state index < -0.39 is 0 Å². The monoisotopic (exact) mass is 210 g/mol. The van der Waals surface area contributed by atoms with Crippen LogP contribution in [0.4, 0.5) is 5.69 Å². The topological polar surface area (TPSA) is 33.4 Å². The van der Waals surface area contributed by atoms with Crippen LogP contribution in [-0.2, 0) is 0 Å². The molecule has 5 heteroatoms. The average molecular weight is 211 g/mol. The van der Waals surface area contributed by atoms with Gasteiger partial charge in [-0.15, -0.1) is 0 Å². The van der Waals surface area contributed by atoms with Crippen LogP contribution >= 0.6 is 11.6 Å². The van der Waals surface area contributed by atoms with Gasteiger partial charge in [0.25, 0.3) is 0 Å². The van der Waals surface area contributed by atoms with Gasteiger partial charge in [0, 0.05) is 20.2 Å². The van der Waals surface area contributed by atoms with Gasteiger partial charge in [-0.3, -0.25) is 0 Å². The van der Waals surface area contributed by atoms with Gasteiger partial charge in [-0.25, -0.2) is 9.50 Å². The maximum Gasteiger partial charge on any atom is 0.177 e. The molecule has 4 nitrogen and oxygen atoms in total. The minimum atomic E-state index is 0.471. The number of anilines is 1. The minimum Gasteiger partial charge on any atom is -0.375 e. The molecule has 0 N–H and O–H groups in total. The maximum atomic E-state index is 5.89. The summed E-state index contributed by atoms with van der Waals surface area (Å²) in [7, 11) is 3.91. The highest BCUT2D eigenvalue weighted by molar-refractivity contribution is 6.29. The van der Waals surface area contributed by atoms with Gasteiger partial charge in [-0.1, -0.05) is 11.6 Å². The predicted octanol–water partition coefficient (Wildman–Crippen LogP) is 1.76. The zero-order valence-electron chi connectivity index (χ0n) is 8.32. The summed E-state index contributed by atoms with van der Waals surface area (Å²) in [6, 6.07) is 1.81. The van der Waals surface area contributed by atoms with Crippen LogP contribution in [0.5, 0.6) is 0 Å². The third-order valence-corrected chi connectivity index (χ3v) is 2.16. The van der Waals surface area contributed by atoms with Gasteiger partial charge in [0.2, 0.25) is 0 Å². The van der Waals surface area contributed by atoms with Crippen LogP contribution in [0.25, 0.3) is 5.65 Å². The van der Waals surface area contributed by atoms with Crippen molar-refractivity contribution in [2.24, 2.45) is 0 Å². The van der Waals surface area contributed by atoms with E-state index >= 15 is 0 Å². The summed E-state index contributed by atoms with van der Waals surface area (Å²) in [5.74, 6) is 0. The molecule has 14 heavy (non-hydrogen) atoms. The van der Waals surface area contributed by atoms with Crippen LogP contribution < -0.4 is 4.90 Å². The largest absolute Gasteiger partial charge is 0.375 e. The SMILES string of the molecule is Cc1cn2nc(Cl)cc(N(C)C)c2n1. The van der Waals surface area contributed by atoms with Crippen molar-refractivity contribution >= 4 is 22.9 Å². The smallest absolute Gasteiger partial charge is 0.177 e. The van der Waals surface area contributed by atoms with E-state index in [1.165, 1.54) is 0 Å². The van der Waals surface area contributed by atoms with Crippen molar-refractivity contribution < 1.29 is 0 Å². The van der Waals surface area contributed by atoms with Gasteiger partial charge in [-0.2, -0.15) is 5.10 Å². The Labute approximate surface area is 87.1 Å². The van der Waals surface area contributed by atoms with Crippen molar-refractivity contribution in [2.45, 2.75) is 6.92 Å². The van der Waals surface area contributed by atoms with Crippen molar-refractivity contribution in [1.82, 2.24) is 14.6 Å². The van der Waals surface area contributed by atoms with Crippen molar-refractivity contribution in [2.75, 3.05) is 19.0 Å². The third kappa shape index (κ3) is 1.42. The highest BCUT2D eigenvalue weighted by atomic mass is 35.5. The Hall–Kier alpha value is -1.29. The van der Waals surface area contributed by atoms with Crippen molar-refractivity contribution in [3.8, 4) is 0 Å². The lowest BCUT2D eigenvalue weighted by Crippen LogP contribution is -2.11. The Kier molecular flexibility index (Phi) is 2.07. The first kappa shape index (κ1) is 9.27. The van der Waals surface area contributed by atoms with Crippen molar-refractivity contribution in [3.63, 3.8) is 0 Å². The lowest BCUT2D eigenvalue weighted by atomic mass is 10.4. The van der Waals surface area contributed by atoms with Gasteiger partial charge in [0.05, 0.1) is 17.6 Å². The molecule has 0 fully saturated rings. The van der Waals surface area contributed by atoms with Crippen LogP contribution in [0.2, 0.25) is 5.15 Å². The summed E-state index contributed by atoms with van der Waals surface area (Å²) < 4.78 is 1.70. The summed E-state index contributed by atoms with van der Waals surface area (Å²) in [4.78, 5) is 6.34. The van der Waals surface area contributed by atoms with E-state index in [4.69, 9.17) is 11.6 Å². The fourth-order valence-electron chi connectivity index (χ4n) is 1.37. The molecule has 2 heterocycles. The Bertz CT molecular complexity index is 475. The Morgan fingerprint density at radius 1 is 1.43 bits per heavy atom. The zero-order valence-corrected chi connectivity index (χ0v) is 9.08. The van der Waals surface area contributed by atoms with Gasteiger partial charge in [0.1, 0.15) is 0 Å². The second-order valence-electron chi connectivity index (χ2n) is 3.40. The first-order valence-electron chi connectivity index (χ1n) is 4.28. The number of hydrogen-bond donors (Lipinski definition) is 0. The molecule has 0 aromatic carbocycles. The summed E-state index contributed by atoms with van der Waals surface area (Å²) in [6.45, 7) is 1.93. The van der Waals surface area contributed by atoms with Crippen LogP contribution in [-0.4, -0.2) is 28.7 Å². The molecule has 0 radical (unpaired) electrons. The molecule has 0 aliphatic rings. The molecular weight excluding hydrogens is 200 g/mol. The molecular formula is C9H11ClN4. The fraction of sp³-hybridized carbons (Fsp3) is 0.333. The van der Waals surface area contributed by atoms with Crippen LogP contribution in [0.1, 0.15) is 5.69 Å². The second-order valence-corrected chi connectivity index (χ2v) is 3.78. The van der Waals surface area contributed by atoms with E-state index in [0.717, 1.165) is 17.0 Å². The van der Waals surface area contributed by atoms with E-state index in [2.05, 4.69) is 10.1 Å². The highest BCUT2D eigenvalue weighted by Gasteiger charge is 2.08. The molecule has 0 bridgehead atoms. The minimum absolute atomic E-state index is 0.471. The molecule has 0 saturated carbocycles. The lowest BCUT2D eigenvalue weighted by molar-refractivity contribution is 0.926. The summed E-state index contributed by atoms with van der Waals surface area (Å²) in [5.41, 5.74) is 2.73. The number of halogens is 1. The van der Waals surface area contributed by atoms with E-state index in [9.17, 15) is 0 Å². The number of nitrogens with zero attached hydrogens (tertiary/aromatic N) is 4. The van der Waals surface area contributed by atoms with E-state index in [0.29, 0.717) is 5.15 Å². The number of aromatic nitrogens is 3. The first-order chi connectivity index (χ1) is 6.58. The molecule has 0 amide bonds. The van der Waals surface area contributed by atoms with Crippen molar-refractivity contribution in [3.05, 3.63) is 23.1 Å². The molecule has 0 spiro atoms. The lowest BCUT2D eigenvalue weighted by Gasteiger charge is -2.12. The quantitative estimate of drug-likeness (QED) is 0.719. The summed E-state index contributed by atoms with van der Waals surface area (Å²) in [6.07, 6.45) is 1.86. The molecule has 0 aliphatic heterocycles. The first-order valence-corrected chi connectivity index (χ1v) is 4.65. The molecule has 0 atom stereocenters. The fourth-order valence-corrected chi connectivity index (χ4v) is 1.56. The van der Waals surface area contributed by atoms with E-state index in [-0.39, 0.29) is 0 Å². The van der Waals surface area contributed by atoms with Gasteiger partial charge < -0.3 is 4.90 Å². The Morgan fingerprint density at radius 2 is 2.14 bits per heavy atom. The Morgan fingerprint density at radius 3 is 2.79 bits per heavy atom. The standard InChI is InChI=1S/C9H11ClN4/c1-6-5-14-9(11-6)7(13(2)3)4-8(10)12-14/h4-5H,1-3H3. The normalized spacial score (nSPS) is 10.9. The van der Waals surface area contributed by atoms with Crippen LogP contribution in [0.15, 0.2) is 12.3 Å². The number of hydrogen-bond acceptors (Lipinski definition) is 3. The maximum absolute atomic E-state index is 5.89. The molecule has 0 unspecified atom stereocenters. The molecule has 2 rings (SSSR count). The summed E-state index contributed by atoms with van der Waals surface area (Å²) in [5, 5.41) is 4.60. The molecule has 0 saturated heterocycles. The number of imidazole rings is 1. The number of rotatable bonds is 1. The zero-order chi connectivity index (χ0) is 10.3. The van der Waals surface area contributed by atoms with E-state index in [1.54, 1.807) is 4.52 Å². The molecule has 74 valence electrons. The van der Waals surface area contributed by atoms with Crippen LogP contribution in [0.3, 0.4) is 0 Å². The van der Waals surface area contributed by atoms with Crippen LogP contribution in [0, 0.1) is 6.92 Å². The predicted molar refractivity (Wildman–Crippen MR) is 57.1 cm³/mol. The second kappa shape index (κ2) is 3.13. The van der Waals surface area contributed by atoms with Gasteiger partial charge in [0.15, 0.2) is 10.8 Å². The number of fused-ring (bicyclic) bond motifs is 1. The molecule has 2 aromatic heterocycles. The third-order valence-electron chi connectivity index (χ3n) is 1.98. The average Bonchev–Trinajstić information content (AvgIpc) is 2.42. The highest BCUT2D eigenvalue weighted by Crippen LogP contribution is 2.21. The van der Waals surface area contributed by atoms with Gasteiger partial charge in [-0.05, 0) is 6.92 Å².